The number of carbonyl (C=O) groups is 1. The number of morpholine rings is 1. The molecule has 1 N–H and O–H groups in total. The van der Waals surface area contributed by atoms with Crippen molar-refractivity contribution in [1.29, 1.82) is 5.26 Å². The van der Waals surface area contributed by atoms with E-state index in [1.54, 1.807) is 18.5 Å². The van der Waals surface area contributed by atoms with Gasteiger partial charge in [-0.05, 0) is 44.2 Å². The average Bonchev–Trinajstić information content (AvgIpc) is 3.55. The molecule has 0 radical (unpaired) electrons. The van der Waals surface area contributed by atoms with Crippen molar-refractivity contribution in [2.45, 2.75) is 58.3 Å². The smallest absolute Gasteiger partial charge is 0.251 e. The van der Waals surface area contributed by atoms with Gasteiger partial charge >= 0.3 is 0 Å². The molecule has 1 aliphatic carbocycles. The van der Waals surface area contributed by atoms with Crippen molar-refractivity contribution in [3.05, 3.63) is 30.1 Å². The van der Waals surface area contributed by atoms with Gasteiger partial charge in [-0.25, -0.2) is 0 Å². The largest absolute Gasteiger partial charge is 0.364 e. The lowest BCUT2D eigenvalue weighted by atomic mass is 10.1. The van der Waals surface area contributed by atoms with Gasteiger partial charge in [0.1, 0.15) is 17.1 Å². The highest BCUT2D eigenvalue weighted by atomic mass is 16.5. The first-order chi connectivity index (χ1) is 16.1. The molecule has 1 aromatic heterocycles. The number of rotatable bonds is 5. The van der Waals surface area contributed by atoms with Gasteiger partial charge in [-0.3, -0.25) is 14.8 Å². The molecule has 8 heteroatoms. The van der Waals surface area contributed by atoms with Crippen LogP contribution in [0.25, 0.3) is 11.0 Å². The first-order valence-electron chi connectivity index (χ1n) is 12.2. The van der Waals surface area contributed by atoms with E-state index in [-0.39, 0.29) is 18.1 Å². The Kier molecular flexibility index (Phi) is 7.41. The van der Waals surface area contributed by atoms with Crippen molar-refractivity contribution in [1.82, 2.24) is 20.2 Å². The Bertz CT molecular complexity index is 1020. The lowest BCUT2D eigenvalue weighted by Crippen LogP contribution is -2.54. The predicted molar refractivity (Wildman–Crippen MR) is 128 cm³/mol. The van der Waals surface area contributed by atoms with Gasteiger partial charge in [0.2, 0.25) is 0 Å². The highest BCUT2D eigenvalue weighted by Gasteiger charge is 2.35. The quantitative estimate of drug-likeness (QED) is 0.748. The van der Waals surface area contributed by atoms with Crippen LogP contribution in [0.15, 0.2) is 24.5 Å². The number of hydrogen-bond acceptors (Lipinski definition) is 7. The molecule has 2 saturated heterocycles. The van der Waals surface area contributed by atoms with Crippen molar-refractivity contribution in [3.8, 4) is 6.07 Å². The van der Waals surface area contributed by atoms with E-state index in [2.05, 4.69) is 31.2 Å². The summed E-state index contributed by atoms with van der Waals surface area (Å²) < 4.78 is 6.01. The first kappa shape index (κ1) is 23.4. The van der Waals surface area contributed by atoms with E-state index >= 15 is 0 Å². The van der Waals surface area contributed by atoms with Crippen molar-refractivity contribution in [3.63, 3.8) is 0 Å². The molecule has 3 unspecified atom stereocenters. The van der Waals surface area contributed by atoms with E-state index in [1.807, 2.05) is 26.8 Å². The van der Waals surface area contributed by atoms with Crippen molar-refractivity contribution >= 4 is 22.6 Å². The average molecular weight is 451 g/mol. The molecule has 3 atom stereocenters. The number of nitrogens with one attached hydrogen (secondary N) is 1. The topological polar surface area (TPSA) is 94.4 Å². The number of ether oxygens (including phenoxy) is 1. The van der Waals surface area contributed by atoms with Crippen LogP contribution < -0.4 is 10.2 Å². The number of amides is 1. The number of anilines is 1. The number of nitriles is 1. The van der Waals surface area contributed by atoms with Gasteiger partial charge in [0, 0.05) is 44.6 Å². The van der Waals surface area contributed by atoms with Crippen LogP contribution >= 0.6 is 0 Å². The van der Waals surface area contributed by atoms with Crippen molar-refractivity contribution < 1.29 is 9.53 Å². The molecule has 33 heavy (non-hydrogen) atoms. The number of nitrogens with zero attached hydrogens (tertiary/aromatic N) is 5. The van der Waals surface area contributed by atoms with E-state index in [0.29, 0.717) is 29.7 Å². The Morgan fingerprint density at radius 1 is 1.15 bits per heavy atom. The summed E-state index contributed by atoms with van der Waals surface area (Å²) in [7, 11) is 0. The van der Waals surface area contributed by atoms with Gasteiger partial charge < -0.3 is 19.9 Å². The summed E-state index contributed by atoms with van der Waals surface area (Å²) in [4.78, 5) is 26.5. The van der Waals surface area contributed by atoms with Gasteiger partial charge in [-0.15, -0.1) is 0 Å². The third-order valence-corrected chi connectivity index (χ3v) is 6.45. The number of fused-ring (bicyclic) bond motifs is 1. The van der Waals surface area contributed by atoms with Gasteiger partial charge in [-0.1, -0.05) is 13.8 Å². The highest BCUT2D eigenvalue weighted by molar-refractivity contribution is 5.92. The predicted octanol–water partition coefficient (Wildman–Crippen LogP) is 2.72. The molecule has 0 bridgehead atoms. The fraction of sp³-hybridized carbons (Fsp3) is 0.600. The molecule has 2 aliphatic heterocycles. The van der Waals surface area contributed by atoms with Gasteiger partial charge in [0.05, 0.1) is 23.9 Å². The summed E-state index contributed by atoms with van der Waals surface area (Å²) in [6, 6.07) is 6.05. The molecular formula is C25H34N6O2. The Hall–Kier alpha value is -2.76. The number of benzene rings is 1. The summed E-state index contributed by atoms with van der Waals surface area (Å²) >= 11 is 0. The zero-order chi connectivity index (χ0) is 23.4. The monoisotopic (exact) mass is 450 g/mol. The van der Waals surface area contributed by atoms with Crippen molar-refractivity contribution in [2.24, 2.45) is 5.92 Å². The van der Waals surface area contributed by atoms with Crippen LogP contribution in [0.2, 0.25) is 0 Å². The molecule has 0 spiro atoms. The molecule has 3 fully saturated rings. The minimum atomic E-state index is -0.538. The standard InChI is InChI=1S/C23H28N6O2.C2H6/c1-15-11-29(19-5-4-17(10-24)21-22(19)26-8-7-25-21)14-20(31-15)23(30)27-18-6-9-28(13-18)12-16-2-3-16;1-2/h4-5,7-8,15-16,18,20H,2-3,6,9,11-14H2,1H3,(H,27,30);1-2H3. The summed E-state index contributed by atoms with van der Waals surface area (Å²) in [6.45, 7) is 10.3. The molecule has 5 rings (SSSR count). The van der Waals surface area contributed by atoms with E-state index in [4.69, 9.17) is 4.74 Å². The third-order valence-electron chi connectivity index (χ3n) is 6.45. The Balaban J connectivity index is 0.00000126. The maximum absolute atomic E-state index is 13.0. The fourth-order valence-electron chi connectivity index (χ4n) is 4.76. The summed E-state index contributed by atoms with van der Waals surface area (Å²) in [6.07, 6.45) is 6.30. The minimum absolute atomic E-state index is 0.0427. The number of aromatic nitrogens is 2. The van der Waals surface area contributed by atoms with Crippen LogP contribution in [0.5, 0.6) is 0 Å². The van der Waals surface area contributed by atoms with E-state index in [9.17, 15) is 10.1 Å². The van der Waals surface area contributed by atoms with E-state index in [0.717, 1.165) is 31.1 Å². The van der Waals surface area contributed by atoms with Crippen LogP contribution in [-0.4, -0.2) is 71.7 Å². The Morgan fingerprint density at radius 3 is 2.64 bits per heavy atom. The van der Waals surface area contributed by atoms with E-state index in [1.165, 1.54) is 19.4 Å². The van der Waals surface area contributed by atoms with Crippen molar-refractivity contribution in [2.75, 3.05) is 37.6 Å². The Morgan fingerprint density at radius 2 is 1.91 bits per heavy atom. The summed E-state index contributed by atoms with van der Waals surface area (Å²) in [5.41, 5.74) is 2.65. The zero-order valence-corrected chi connectivity index (χ0v) is 19.8. The minimum Gasteiger partial charge on any atom is -0.364 e. The number of likely N-dealkylation sites (tertiary alicyclic amines) is 1. The Labute approximate surface area is 195 Å². The van der Waals surface area contributed by atoms with Crippen LogP contribution in [0, 0.1) is 17.2 Å². The van der Waals surface area contributed by atoms with Gasteiger partial charge in [-0.2, -0.15) is 5.26 Å². The molecule has 176 valence electrons. The summed E-state index contributed by atoms with van der Waals surface area (Å²) in [5, 5.41) is 12.6. The number of carbonyl (C=O) groups excluding carboxylic acids is 1. The second-order valence-electron chi connectivity index (χ2n) is 9.04. The highest BCUT2D eigenvalue weighted by Crippen LogP contribution is 2.31. The third kappa shape index (κ3) is 5.43. The molecule has 1 saturated carbocycles. The molecule has 3 heterocycles. The molecule has 1 amide bonds. The van der Waals surface area contributed by atoms with Gasteiger partial charge in [0.25, 0.3) is 5.91 Å². The van der Waals surface area contributed by atoms with E-state index < -0.39 is 6.10 Å². The molecule has 8 nitrogen and oxygen atoms in total. The van der Waals surface area contributed by atoms with Crippen LogP contribution in [0.1, 0.15) is 45.6 Å². The van der Waals surface area contributed by atoms with Crippen LogP contribution in [0.3, 0.4) is 0 Å². The van der Waals surface area contributed by atoms with Crippen LogP contribution in [-0.2, 0) is 9.53 Å². The van der Waals surface area contributed by atoms with Gasteiger partial charge in [0.15, 0.2) is 6.10 Å². The maximum atomic E-state index is 13.0. The second kappa shape index (κ2) is 10.4. The lowest BCUT2D eigenvalue weighted by Gasteiger charge is -2.38. The second-order valence-corrected chi connectivity index (χ2v) is 9.04. The molecule has 2 aromatic rings. The zero-order valence-electron chi connectivity index (χ0n) is 19.8. The normalized spacial score (nSPS) is 25.3. The number of hydrogen-bond donors (Lipinski definition) is 1. The SMILES string of the molecule is CC.CC1CN(c2ccc(C#N)c3nccnc23)CC(C(=O)NC2CCN(CC3CC3)C2)O1. The summed E-state index contributed by atoms with van der Waals surface area (Å²) in [5.74, 6) is 0.828. The van der Waals surface area contributed by atoms with Crippen LogP contribution in [0.4, 0.5) is 5.69 Å². The first-order valence-corrected chi connectivity index (χ1v) is 12.2. The molecule has 3 aliphatic rings. The molecule has 1 aromatic carbocycles. The molecular weight excluding hydrogens is 416 g/mol. The fourth-order valence-corrected chi connectivity index (χ4v) is 4.76. The maximum Gasteiger partial charge on any atom is 0.251 e. The lowest BCUT2D eigenvalue weighted by molar-refractivity contribution is -0.138.